The van der Waals surface area contributed by atoms with Gasteiger partial charge in [-0.15, -0.1) is 0 Å². The van der Waals surface area contributed by atoms with Gasteiger partial charge in [0, 0.05) is 17.8 Å². The lowest BCUT2D eigenvalue weighted by atomic mass is 10.2. The summed E-state index contributed by atoms with van der Waals surface area (Å²) in [6, 6.07) is 7.98. The van der Waals surface area contributed by atoms with E-state index in [4.69, 9.17) is 16.3 Å². The molecule has 2 nitrogen and oxygen atoms in total. The van der Waals surface area contributed by atoms with Crippen molar-refractivity contribution in [1.29, 1.82) is 0 Å². The van der Waals surface area contributed by atoms with E-state index in [1.165, 1.54) is 12.1 Å². The smallest absolute Gasteiger partial charge is 0.129 e. The molecule has 0 aliphatic carbocycles. The van der Waals surface area contributed by atoms with Crippen molar-refractivity contribution in [2.45, 2.75) is 13.5 Å². The highest BCUT2D eigenvalue weighted by Gasteiger charge is 2.02. The van der Waals surface area contributed by atoms with Crippen LogP contribution in [0.15, 0.2) is 36.5 Å². The van der Waals surface area contributed by atoms with Crippen molar-refractivity contribution in [2.24, 2.45) is 0 Å². The normalized spacial score (nSPS) is 10.3. The van der Waals surface area contributed by atoms with E-state index in [2.05, 4.69) is 4.98 Å². The topological polar surface area (TPSA) is 22.1 Å². The molecule has 2 aromatic rings. The highest BCUT2D eigenvalue weighted by atomic mass is 35.5. The van der Waals surface area contributed by atoms with Gasteiger partial charge in [-0.1, -0.05) is 23.7 Å². The Morgan fingerprint density at radius 1 is 1.29 bits per heavy atom. The maximum Gasteiger partial charge on any atom is 0.129 e. The fourth-order valence-electron chi connectivity index (χ4n) is 1.38. The van der Waals surface area contributed by atoms with Gasteiger partial charge >= 0.3 is 0 Å². The Hall–Kier alpha value is -1.61. The predicted molar refractivity (Wildman–Crippen MR) is 64.7 cm³/mol. The van der Waals surface area contributed by atoms with E-state index in [1.54, 1.807) is 18.3 Å². The molecule has 0 bridgehead atoms. The van der Waals surface area contributed by atoms with Crippen molar-refractivity contribution >= 4 is 11.6 Å². The molecule has 0 spiro atoms. The first-order valence-electron chi connectivity index (χ1n) is 5.14. The zero-order chi connectivity index (χ0) is 12.3. The monoisotopic (exact) mass is 251 g/mol. The summed E-state index contributed by atoms with van der Waals surface area (Å²) in [6.45, 7) is 2.21. The van der Waals surface area contributed by atoms with Gasteiger partial charge in [0.2, 0.25) is 0 Å². The number of rotatable bonds is 3. The first-order valence-corrected chi connectivity index (χ1v) is 5.52. The first-order chi connectivity index (χ1) is 8.15. The summed E-state index contributed by atoms with van der Waals surface area (Å²) in [4.78, 5) is 3.94. The van der Waals surface area contributed by atoms with Gasteiger partial charge in [0.05, 0.1) is 0 Å². The molecule has 1 aromatic heterocycles. The number of halogens is 2. The molecule has 0 N–H and O–H groups in total. The number of benzene rings is 1. The summed E-state index contributed by atoms with van der Waals surface area (Å²) in [5.74, 6) is 0.236. The van der Waals surface area contributed by atoms with Crippen LogP contribution in [0.1, 0.15) is 11.1 Å². The van der Waals surface area contributed by atoms with E-state index < -0.39 is 0 Å². The van der Waals surface area contributed by atoms with E-state index in [9.17, 15) is 4.39 Å². The molecule has 88 valence electrons. The largest absolute Gasteiger partial charge is 0.488 e. The number of aryl methyl sites for hydroxylation is 1. The Kier molecular flexibility index (Phi) is 3.59. The number of ether oxygens (including phenoxy) is 1. The molecule has 0 aliphatic heterocycles. The van der Waals surface area contributed by atoms with Crippen molar-refractivity contribution in [2.75, 3.05) is 0 Å². The van der Waals surface area contributed by atoms with E-state index in [1.807, 2.05) is 13.0 Å². The van der Waals surface area contributed by atoms with Crippen LogP contribution in [0, 0.1) is 12.7 Å². The molecule has 0 radical (unpaired) electrons. The lowest BCUT2D eigenvalue weighted by Crippen LogP contribution is -1.98. The summed E-state index contributed by atoms with van der Waals surface area (Å²) in [7, 11) is 0. The molecular formula is C13H11ClFNO. The molecule has 0 saturated heterocycles. The summed E-state index contributed by atoms with van der Waals surface area (Å²) < 4.78 is 18.5. The Bertz CT molecular complexity index is 513. The summed E-state index contributed by atoms with van der Waals surface area (Å²) >= 11 is 5.67. The Morgan fingerprint density at radius 3 is 2.82 bits per heavy atom. The van der Waals surface area contributed by atoms with Crippen molar-refractivity contribution in [1.82, 2.24) is 4.98 Å². The predicted octanol–water partition coefficient (Wildman–Crippen LogP) is 3.76. The summed E-state index contributed by atoms with van der Waals surface area (Å²) in [6.07, 6.45) is 1.64. The number of hydrogen-bond acceptors (Lipinski definition) is 2. The van der Waals surface area contributed by atoms with Gasteiger partial charge in [-0.3, -0.25) is 0 Å². The van der Waals surface area contributed by atoms with Crippen LogP contribution in [0.5, 0.6) is 5.75 Å². The highest BCUT2D eigenvalue weighted by Crippen LogP contribution is 2.20. The van der Waals surface area contributed by atoms with Crippen LogP contribution in [-0.4, -0.2) is 4.98 Å². The van der Waals surface area contributed by atoms with Gasteiger partial charge in [-0.25, -0.2) is 9.37 Å². The molecule has 1 heterocycles. The van der Waals surface area contributed by atoms with Crippen LogP contribution in [0.2, 0.25) is 5.15 Å². The SMILES string of the molecule is Cc1ccc(F)cc1OCc1ccc(Cl)nc1. The second-order valence-electron chi connectivity index (χ2n) is 3.69. The minimum Gasteiger partial charge on any atom is -0.488 e. The molecule has 1 aromatic carbocycles. The number of hydrogen-bond donors (Lipinski definition) is 0. The van der Waals surface area contributed by atoms with E-state index in [-0.39, 0.29) is 5.82 Å². The molecule has 2 rings (SSSR count). The Labute approximate surface area is 104 Å². The lowest BCUT2D eigenvalue weighted by molar-refractivity contribution is 0.302. The summed E-state index contributed by atoms with van der Waals surface area (Å²) in [5.41, 5.74) is 1.78. The highest BCUT2D eigenvalue weighted by molar-refractivity contribution is 6.29. The van der Waals surface area contributed by atoms with E-state index >= 15 is 0 Å². The van der Waals surface area contributed by atoms with Crippen LogP contribution in [0.25, 0.3) is 0 Å². The molecule has 4 heteroatoms. The van der Waals surface area contributed by atoms with Crippen LogP contribution < -0.4 is 4.74 Å². The van der Waals surface area contributed by atoms with E-state index in [0.717, 1.165) is 11.1 Å². The van der Waals surface area contributed by atoms with Crippen molar-refractivity contribution in [3.8, 4) is 5.75 Å². The standard InChI is InChI=1S/C13H11ClFNO/c1-9-2-4-11(15)6-12(9)17-8-10-3-5-13(14)16-7-10/h2-7H,8H2,1H3. The maximum atomic E-state index is 13.0. The molecule has 0 unspecified atom stereocenters. The third-order valence-electron chi connectivity index (χ3n) is 2.33. The second kappa shape index (κ2) is 5.15. The zero-order valence-electron chi connectivity index (χ0n) is 9.28. The molecule has 0 fully saturated rings. The summed E-state index contributed by atoms with van der Waals surface area (Å²) in [5, 5.41) is 0.440. The van der Waals surface area contributed by atoms with Crippen molar-refractivity contribution in [3.05, 3.63) is 58.6 Å². The third-order valence-corrected chi connectivity index (χ3v) is 2.56. The van der Waals surface area contributed by atoms with Gasteiger partial charge in [0.15, 0.2) is 0 Å². The van der Waals surface area contributed by atoms with Gasteiger partial charge in [0.25, 0.3) is 0 Å². The average Bonchev–Trinajstić information content (AvgIpc) is 2.32. The second-order valence-corrected chi connectivity index (χ2v) is 4.07. The first kappa shape index (κ1) is 11.9. The minimum absolute atomic E-state index is 0.306. The van der Waals surface area contributed by atoms with Crippen molar-refractivity contribution in [3.63, 3.8) is 0 Å². The van der Waals surface area contributed by atoms with Crippen LogP contribution >= 0.6 is 11.6 Å². The van der Waals surface area contributed by atoms with Gasteiger partial charge in [-0.2, -0.15) is 0 Å². The quantitative estimate of drug-likeness (QED) is 0.775. The molecular weight excluding hydrogens is 241 g/mol. The maximum absolute atomic E-state index is 13.0. The van der Waals surface area contributed by atoms with Crippen molar-refractivity contribution < 1.29 is 9.13 Å². The number of nitrogens with zero attached hydrogens (tertiary/aromatic N) is 1. The zero-order valence-corrected chi connectivity index (χ0v) is 10.0. The molecule has 0 aliphatic rings. The Balaban J connectivity index is 2.07. The average molecular weight is 252 g/mol. The molecule has 0 saturated carbocycles. The molecule has 0 amide bonds. The van der Waals surface area contributed by atoms with Gasteiger partial charge in [0.1, 0.15) is 23.3 Å². The third kappa shape index (κ3) is 3.17. The van der Waals surface area contributed by atoms with Gasteiger partial charge in [-0.05, 0) is 24.6 Å². The molecule has 0 atom stereocenters. The Morgan fingerprint density at radius 2 is 2.12 bits per heavy atom. The number of pyridine rings is 1. The van der Waals surface area contributed by atoms with Crippen LogP contribution in [0.3, 0.4) is 0 Å². The fraction of sp³-hybridized carbons (Fsp3) is 0.154. The van der Waals surface area contributed by atoms with E-state index in [0.29, 0.717) is 17.5 Å². The molecule has 17 heavy (non-hydrogen) atoms. The van der Waals surface area contributed by atoms with Crippen LogP contribution in [0.4, 0.5) is 4.39 Å². The fourth-order valence-corrected chi connectivity index (χ4v) is 1.49. The van der Waals surface area contributed by atoms with Gasteiger partial charge < -0.3 is 4.74 Å². The number of aromatic nitrogens is 1. The minimum atomic E-state index is -0.306. The van der Waals surface area contributed by atoms with Crippen LogP contribution in [-0.2, 0) is 6.61 Å². The lowest BCUT2D eigenvalue weighted by Gasteiger charge is -2.08.